The number of hydrogen-bond donors (Lipinski definition) is 1. The zero-order chi connectivity index (χ0) is 23.5. The zero-order valence-corrected chi connectivity index (χ0v) is 20.0. The Morgan fingerprint density at radius 3 is 2.61 bits per heavy atom. The molecule has 3 rings (SSSR count). The first-order chi connectivity index (χ1) is 16.1. The first-order valence-electron chi connectivity index (χ1n) is 10.2. The molecule has 0 fully saturated rings. The van der Waals surface area contributed by atoms with Crippen molar-refractivity contribution in [2.75, 3.05) is 25.3 Å². The molecule has 0 radical (unpaired) electrons. The molecule has 0 atom stereocenters. The lowest BCUT2D eigenvalue weighted by Gasteiger charge is -2.13. The van der Waals surface area contributed by atoms with Gasteiger partial charge in [-0.15, -0.1) is 23.1 Å². The van der Waals surface area contributed by atoms with Crippen LogP contribution in [0, 0.1) is 0 Å². The van der Waals surface area contributed by atoms with Gasteiger partial charge in [0.1, 0.15) is 6.61 Å². The van der Waals surface area contributed by atoms with Crippen LogP contribution in [0.1, 0.15) is 24.1 Å². The number of aryl methyl sites for hydroxylation is 1. The molecule has 2 heterocycles. The van der Waals surface area contributed by atoms with E-state index in [9.17, 15) is 9.59 Å². The predicted octanol–water partition coefficient (Wildman–Crippen LogP) is 4.62. The molecule has 0 saturated heterocycles. The van der Waals surface area contributed by atoms with Gasteiger partial charge in [-0.25, -0.2) is 9.97 Å². The Hall–Kier alpha value is -3.11. The number of carbonyl (C=O) groups is 2. The normalized spacial score (nSPS) is 10.5. The van der Waals surface area contributed by atoms with Gasteiger partial charge in [0.2, 0.25) is 0 Å². The number of ether oxygens (including phenoxy) is 3. The van der Waals surface area contributed by atoms with Gasteiger partial charge in [-0.05, 0) is 11.6 Å². The van der Waals surface area contributed by atoms with Crippen molar-refractivity contribution in [3.8, 4) is 5.75 Å². The Labute approximate surface area is 200 Å². The summed E-state index contributed by atoms with van der Waals surface area (Å²) in [6.07, 6.45) is 2.83. The van der Waals surface area contributed by atoms with Crippen LogP contribution < -0.4 is 10.1 Å². The number of nitrogens with one attached hydrogen (secondary N) is 1. The second-order valence-corrected chi connectivity index (χ2v) is 8.84. The first kappa shape index (κ1) is 24.5. The van der Waals surface area contributed by atoms with Crippen LogP contribution >= 0.6 is 23.1 Å². The summed E-state index contributed by atoms with van der Waals surface area (Å²) in [7, 11) is 2.75. The molecule has 0 unspecified atom stereocenters. The van der Waals surface area contributed by atoms with Crippen molar-refractivity contribution < 1.29 is 23.8 Å². The molecule has 0 aliphatic heterocycles. The maximum absolute atomic E-state index is 11.4. The summed E-state index contributed by atoms with van der Waals surface area (Å²) in [5, 5.41) is 5.76. The fraction of sp³-hybridized carbons (Fsp3) is 0.304. The standard InChI is InChI=1S/C23H25N3O5S2/c1-29-20(27)9-8-17-15-33-23(25-17)26-22-19(31-14-16-6-4-3-5-7-16)12-18(13-24-22)32-11-10-21(28)30-2/h3-7,12-13,15H,8-11,14H2,1-2H3,(H,24,25,26). The molecule has 0 spiro atoms. The van der Waals surface area contributed by atoms with Gasteiger partial charge in [0.05, 0.1) is 32.8 Å². The van der Waals surface area contributed by atoms with Crippen molar-refractivity contribution in [2.24, 2.45) is 0 Å². The quantitative estimate of drug-likeness (QED) is 0.290. The zero-order valence-electron chi connectivity index (χ0n) is 18.4. The Balaban J connectivity index is 1.71. The summed E-state index contributed by atoms with van der Waals surface area (Å²) in [6.45, 7) is 0.385. The molecule has 0 saturated carbocycles. The Kier molecular flexibility index (Phi) is 9.52. The van der Waals surface area contributed by atoms with Crippen LogP contribution in [-0.2, 0) is 32.1 Å². The minimum Gasteiger partial charge on any atom is -0.485 e. The van der Waals surface area contributed by atoms with Crippen molar-refractivity contribution >= 4 is 46.0 Å². The molecule has 1 aromatic carbocycles. The average molecular weight is 488 g/mol. The lowest BCUT2D eigenvalue weighted by molar-refractivity contribution is -0.141. The number of rotatable bonds is 12. The average Bonchev–Trinajstić information content (AvgIpc) is 3.30. The third-order valence-corrected chi connectivity index (χ3v) is 6.23. The molecule has 174 valence electrons. The van der Waals surface area contributed by atoms with Crippen molar-refractivity contribution in [1.82, 2.24) is 9.97 Å². The molecule has 33 heavy (non-hydrogen) atoms. The van der Waals surface area contributed by atoms with Gasteiger partial charge in [0.25, 0.3) is 0 Å². The van der Waals surface area contributed by atoms with Crippen LogP contribution in [0.2, 0.25) is 0 Å². The Morgan fingerprint density at radius 2 is 1.85 bits per heavy atom. The topological polar surface area (TPSA) is 99.6 Å². The van der Waals surface area contributed by atoms with Crippen LogP contribution in [0.15, 0.2) is 52.9 Å². The van der Waals surface area contributed by atoms with Crippen molar-refractivity contribution in [1.29, 1.82) is 0 Å². The minimum atomic E-state index is -0.268. The number of aromatic nitrogens is 2. The second kappa shape index (κ2) is 12.8. The highest BCUT2D eigenvalue weighted by molar-refractivity contribution is 7.99. The van der Waals surface area contributed by atoms with Gasteiger partial charge in [-0.1, -0.05) is 30.3 Å². The van der Waals surface area contributed by atoms with Crippen molar-refractivity contribution in [3.63, 3.8) is 0 Å². The van der Waals surface area contributed by atoms with E-state index in [1.165, 1.54) is 37.3 Å². The van der Waals surface area contributed by atoms with E-state index in [2.05, 4.69) is 24.8 Å². The van der Waals surface area contributed by atoms with E-state index in [1.54, 1.807) is 6.20 Å². The third kappa shape index (κ3) is 8.07. The lowest BCUT2D eigenvalue weighted by Crippen LogP contribution is -2.03. The fourth-order valence-corrected chi connectivity index (χ4v) is 4.28. The molecule has 0 amide bonds. The molecule has 8 nitrogen and oxygen atoms in total. The molecular weight excluding hydrogens is 462 g/mol. The van der Waals surface area contributed by atoms with Crippen LogP contribution in [0.5, 0.6) is 5.75 Å². The van der Waals surface area contributed by atoms with Gasteiger partial charge < -0.3 is 19.5 Å². The number of methoxy groups -OCH3 is 2. The summed E-state index contributed by atoms with van der Waals surface area (Å²) in [5.74, 6) is 1.18. The summed E-state index contributed by atoms with van der Waals surface area (Å²) in [5.41, 5.74) is 1.83. The van der Waals surface area contributed by atoms with E-state index in [0.29, 0.717) is 41.9 Å². The molecule has 1 N–H and O–H groups in total. The molecule has 10 heteroatoms. The van der Waals surface area contributed by atoms with Gasteiger partial charge in [-0.3, -0.25) is 9.59 Å². The van der Waals surface area contributed by atoms with E-state index in [0.717, 1.165) is 16.2 Å². The molecule has 2 aromatic heterocycles. The minimum absolute atomic E-state index is 0.249. The van der Waals surface area contributed by atoms with E-state index >= 15 is 0 Å². The van der Waals surface area contributed by atoms with E-state index in [4.69, 9.17) is 4.74 Å². The molecular formula is C23H25N3O5S2. The molecule has 0 aliphatic rings. The highest BCUT2D eigenvalue weighted by Gasteiger charge is 2.12. The molecule has 3 aromatic rings. The van der Waals surface area contributed by atoms with Gasteiger partial charge in [0, 0.05) is 28.6 Å². The number of hydrogen-bond acceptors (Lipinski definition) is 10. The maximum Gasteiger partial charge on any atom is 0.306 e. The number of benzene rings is 1. The van der Waals surface area contributed by atoms with Crippen molar-refractivity contribution in [3.05, 3.63) is 59.2 Å². The van der Waals surface area contributed by atoms with Gasteiger partial charge in [-0.2, -0.15) is 0 Å². The number of pyridine rings is 1. The van der Waals surface area contributed by atoms with Gasteiger partial charge >= 0.3 is 11.9 Å². The van der Waals surface area contributed by atoms with Crippen LogP contribution in [0.3, 0.4) is 0 Å². The summed E-state index contributed by atoms with van der Waals surface area (Å²) < 4.78 is 15.4. The molecule has 0 aliphatic carbocycles. The van der Waals surface area contributed by atoms with Crippen molar-refractivity contribution in [2.45, 2.75) is 30.8 Å². The Morgan fingerprint density at radius 1 is 1.09 bits per heavy atom. The highest BCUT2D eigenvalue weighted by Crippen LogP contribution is 2.32. The number of esters is 2. The van der Waals surface area contributed by atoms with E-state index in [-0.39, 0.29) is 18.4 Å². The monoisotopic (exact) mass is 487 g/mol. The summed E-state index contributed by atoms with van der Waals surface area (Å²) >= 11 is 2.93. The number of thioether (sulfide) groups is 1. The lowest BCUT2D eigenvalue weighted by atomic mass is 10.2. The van der Waals surface area contributed by atoms with Crippen LogP contribution in [0.25, 0.3) is 0 Å². The van der Waals surface area contributed by atoms with Gasteiger partial charge in [0.15, 0.2) is 16.7 Å². The number of thiazole rings is 1. The second-order valence-electron chi connectivity index (χ2n) is 6.81. The molecule has 0 bridgehead atoms. The predicted molar refractivity (Wildman–Crippen MR) is 128 cm³/mol. The SMILES string of the molecule is COC(=O)CCSc1cnc(Nc2nc(CCC(=O)OC)cs2)c(OCc2ccccc2)c1. The number of carbonyl (C=O) groups excluding carboxylic acids is 2. The van der Waals surface area contributed by atoms with E-state index < -0.39 is 0 Å². The van der Waals surface area contributed by atoms with Crippen LogP contribution in [0.4, 0.5) is 10.9 Å². The third-order valence-electron chi connectivity index (χ3n) is 4.46. The largest absolute Gasteiger partial charge is 0.485 e. The number of nitrogens with zero attached hydrogens (tertiary/aromatic N) is 2. The number of anilines is 2. The Bertz CT molecular complexity index is 1060. The van der Waals surface area contributed by atoms with E-state index in [1.807, 2.05) is 41.8 Å². The smallest absolute Gasteiger partial charge is 0.306 e. The maximum atomic E-state index is 11.4. The fourth-order valence-electron chi connectivity index (χ4n) is 2.71. The van der Waals surface area contributed by atoms with Crippen LogP contribution in [-0.4, -0.2) is 41.9 Å². The summed E-state index contributed by atoms with van der Waals surface area (Å²) in [4.78, 5) is 32.7. The first-order valence-corrected chi connectivity index (χ1v) is 12.1. The summed E-state index contributed by atoms with van der Waals surface area (Å²) in [6, 6.07) is 11.7. The highest BCUT2D eigenvalue weighted by atomic mass is 32.2.